The molecule has 0 spiro atoms. The van der Waals surface area contributed by atoms with Crippen LogP contribution in [0.2, 0.25) is 0 Å². The van der Waals surface area contributed by atoms with Crippen molar-refractivity contribution in [2.24, 2.45) is 5.92 Å². The number of carbonyl (C=O) groups is 1. The van der Waals surface area contributed by atoms with Crippen molar-refractivity contribution in [3.8, 4) is 11.3 Å². The van der Waals surface area contributed by atoms with Crippen molar-refractivity contribution in [1.82, 2.24) is 9.38 Å². The zero-order valence-electron chi connectivity index (χ0n) is 14.3. The third kappa shape index (κ3) is 3.73. The Morgan fingerprint density at radius 3 is 2.84 bits per heavy atom. The molecule has 3 aromatic rings. The van der Waals surface area contributed by atoms with Crippen molar-refractivity contribution in [3.63, 3.8) is 0 Å². The number of rotatable bonds is 4. The lowest BCUT2D eigenvalue weighted by molar-refractivity contribution is -0.117. The Hall–Kier alpha value is -2.62. The number of amides is 1. The Morgan fingerprint density at radius 2 is 2.00 bits per heavy atom. The quantitative estimate of drug-likeness (QED) is 0.737. The van der Waals surface area contributed by atoms with Gasteiger partial charge in [-0.1, -0.05) is 37.5 Å². The maximum Gasteiger partial charge on any atom is 0.224 e. The first-order valence-corrected chi connectivity index (χ1v) is 9.12. The molecule has 2 aromatic heterocycles. The normalized spacial score (nSPS) is 15.4. The molecule has 1 aliphatic rings. The fourth-order valence-corrected chi connectivity index (χ4v) is 3.70. The van der Waals surface area contributed by atoms with E-state index in [-0.39, 0.29) is 5.91 Å². The van der Waals surface area contributed by atoms with E-state index in [2.05, 4.69) is 10.3 Å². The van der Waals surface area contributed by atoms with Crippen molar-refractivity contribution in [2.45, 2.75) is 38.5 Å². The van der Waals surface area contributed by atoms with Crippen LogP contribution in [0.5, 0.6) is 0 Å². The molecule has 0 atom stereocenters. The molecular formula is C21H23N3O. The molecule has 0 unspecified atom stereocenters. The lowest BCUT2D eigenvalue weighted by Crippen LogP contribution is -2.18. The van der Waals surface area contributed by atoms with Crippen LogP contribution in [-0.2, 0) is 4.79 Å². The summed E-state index contributed by atoms with van der Waals surface area (Å²) in [5.41, 5.74) is 3.69. The number of pyridine rings is 1. The standard InChI is InChI=1S/C21H23N3O/c25-21(13-16-7-2-1-3-8-16)22-18-10-6-9-17(14-18)19-15-24-12-5-4-11-20(24)23-19/h4-6,9-12,14-16H,1-3,7-8,13H2,(H,22,25). The molecule has 4 rings (SSSR count). The number of carbonyl (C=O) groups excluding carboxylic acids is 1. The second-order valence-corrected chi connectivity index (χ2v) is 6.93. The second kappa shape index (κ2) is 7.09. The topological polar surface area (TPSA) is 46.4 Å². The lowest BCUT2D eigenvalue weighted by atomic mass is 9.87. The average molecular weight is 333 g/mol. The summed E-state index contributed by atoms with van der Waals surface area (Å²) in [5, 5.41) is 3.06. The minimum Gasteiger partial charge on any atom is -0.326 e. The first-order chi connectivity index (χ1) is 12.3. The molecule has 1 saturated carbocycles. The molecule has 4 heteroatoms. The van der Waals surface area contributed by atoms with E-state index in [4.69, 9.17) is 0 Å². The van der Waals surface area contributed by atoms with Gasteiger partial charge in [-0.3, -0.25) is 4.79 Å². The Kier molecular flexibility index (Phi) is 4.51. The summed E-state index contributed by atoms with van der Waals surface area (Å²) in [6.45, 7) is 0. The summed E-state index contributed by atoms with van der Waals surface area (Å²) in [5.74, 6) is 0.675. The molecule has 1 N–H and O–H groups in total. The van der Waals surface area contributed by atoms with Crippen LogP contribution in [0.1, 0.15) is 38.5 Å². The Morgan fingerprint density at radius 1 is 1.12 bits per heavy atom. The zero-order valence-corrected chi connectivity index (χ0v) is 14.3. The Bertz CT molecular complexity index is 844. The fraction of sp³-hybridized carbons (Fsp3) is 0.333. The van der Waals surface area contributed by atoms with Crippen molar-refractivity contribution in [2.75, 3.05) is 5.32 Å². The van der Waals surface area contributed by atoms with Gasteiger partial charge in [0.05, 0.1) is 5.69 Å². The predicted octanol–water partition coefficient (Wildman–Crippen LogP) is 4.91. The third-order valence-electron chi connectivity index (χ3n) is 5.00. The average Bonchev–Trinajstić information content (AvgIpc) is 3.07. The molecule has 0 saturated heterocycles. The minimum atomic E-state index is 0.124. The number of fused-ring (bicyclic) bond motifs is 1. The van der Waals surface area contributed by atoms with E-state index in [9.17, 15) is 4.79 Å². The number of nitrogens with zero attached hydrogens (tertiary/aromatic N) is 2. The van der Waals surface area contributed by atoms with Crippen LogP contribution < -0.4 is 5.32 Å². The van der Waals surface area contributed by atoms with Gasteiger partial charge in [-0.15, -0.1) is 0 Å². The summed E-state index contributed by atoms with van der Waals surface area (Å²) in [7, 11) is 0. The fourth-order valence-electron chi connectivity index (χ4n) is 3.70. The molecule has 1 amide bonds. The molecule has 1 aliphatic carbocycles. The highest BCUT2D eigenvalue weighted by molar-refractivity contribution is 5.91. The van der Waals surface area contributed by atoms with Gasteiger partial charge >= 0.3 is 0 Å². The molecule has 1 fully saturated rings. The predicted molar refractivity (Wildman–Crippen MR) is 100 cm³/mol. The van der Waals surface area contributed by atoms with Crippen molar-refractivity contribution in [1.29, 1.82) is 0 Å². The van der Waals surface area contributed by atoms with Gasteiger partial charge < -0.3 is 9.72 Å². The van der Waals surface area contributed by atoms with Gasteiger partial charge in [0.2, 0.25) is 5.91 Å². The zero-order chi connectivity index (χ0) is 17.1. The number of imidazole rings is 1. The summed E-state index contributed by atoms with van der Waals surface area (Å²) in [6.07, 6.45) is 10.9. The van der Waals surface area contributed by atoms with Crippen molar-refractivity contribution >= 4 is 17.2 Å². The SMILES string of the molecule is O=C(CC1CCCCC1)Nc1cccc(-c2cn3ccccc3n2)c1. The molecular weight excluding hydrogens is 310 g/mol. The molecule has 128 valence electrons. The summed E-state index contributed by atoms with van der Waals surface area (Å²) >= 11 is 0. The highest BCUT2D eigenvalue weighted by Gasteiger charge is 2.17. The van der Waals surface area contributed by atoms with Gasteiger partial charge in [0, 0.05) is 30.1 Å². The van der Waals surface area contributed by atoms with Crippen LogP contribution in [0.4, 0.5) is 5.69 Å². The van der Waals surface area contributed by atoms with E-state index >= 15 is 0 Å². The third-order valence-corrected chi connectivity index (χ3v) is 5.00. The van der Waals surface area contributed by atoms with Crippen LogP contribution in [0.3, 0.4) is 0 Å². The second-order valence-electron chi connectivity index (χ2n) is 6.93. The number of hydrogen-bond donors (Lipinski definition) is 1. The number of hydrogen-bond acceptors (Lipinski definition) is 2. The van der Waals surface area contributed by atoms with E-state index in [1.807, 2.05) is 59.3 Å². The highest BCUT2D eigenvalue weighted by Crippen LogP contribution is 2.27. The minimum absolute atomic E-state index is 0.124. The van der Waals surface area contributed by atoms with Gasteiger partial charge in [0.15, 0.2) is 0 Å². The Balaban J connectivity index is 1.48. The van der Waals surface area contributed by atoms with Crippen LogP contribution in [0.15, 0.2) is 54.9 Å². The van der Waals surface area contributed by atoms with Gasteiger partial charge in [-0.05, 0) is 43.0 Å². The smallest absolute Gasteiger partial charge is 0.224 e. The maximum absolute atomic E-state index is 12.3. The molecule has 1 aromatic carbocycles. The van der Waals surface area contributed by atoms with Crippen LogP contribution >= 0.6 is 0 Å². The summed E-state index contributed by atoms with van der Waals surface area (Å²) in [6, 6.07) is 13.9. The van der Waals surface area contributed by atoms with Crippen molar-refractivity contribution in [3.05, 3.63) is 54.9 Å². The van der Waals surface area contributed by atoms with E-state index < -0.39 is 0 Å². The monoisotopic (exact) mass is 333 g/mol. The van der Waals surface area contributed by atoms with E-state index in [1.165, 1.54) is 32.1 Å². The Labute approximate surface area is 147 Å². The first-order valence-electron chi connectivity index (χ1n) is 9.12. The van der Waals surface area contributed by atoms with Gasteiger partial charge in [0.25, 0.3) is 0 Å². The van der Waals surface area contributed by atoms with Crippen molar-refractivity contribution < 1.29 is 4.79 Å². The molecule has 4 nitrogen and oxygen atoms in total. The largest absolute Gasteiger partial charge is 0.326 e. The van der Waals surface area contributed by atoms with Crippen LogP contribution in [-0.4, -0.2) is 15.3 Å². The number of nitrogens with one attached hydrogen (secondary N) is 1. The number of benzene rings is 1. The van der Waals surface area contributed by atoms with Crippen LogP contribution in [0, 0.1) is 5.92 Å². The van der Waals surface area contributed by atoms with Gasteiger partial charge in [-0.2, -0.15) is 0 Å². The van der Waals surface area contributed by atoms with E-state index in [0.717, 1.165) is 22.6 Å². The molecule has 0 bridgehead atoms. The van der Waals surface area contributed by atoms with Gasteiger partial charge in [0.1, 0.15) is 5.65 Å². The van der Waals surface area contributed by atoms with Gasteiger partial charge in [-0.25, -0.2) is 4.98 Å². The molecule has 0 aliphatic heterocycles. The van der Waals surface area contributed by atoms with E-state index in [1.54, 1.807) is 0 Å². The maximum atomic E-state index is 12.3. The van der Waals surface area contributed by atoms with Crippen LogP contribution in [0.25, 0.3) is 16.9 Å². The molecule has 25 heavy (non-hydrogen) atoms. The molecule has 0 radical (unpaired) electrons. The lowest BCUT2D eigenvalue weighted by Gasteiger charge is -2.20. The number of anilines is 1. The summed E-state index contributed by atoms with van der Waals surface area (Å²) in [4.78, 5) is 17.0. The van der Waals surface area contributed by atoms with E-state index in [0.29, 0.717) is 12.3 Å². The first kappa shape index (κ1) is 15.9. The summed E-state index contributed by atoms with van der Waals surface area (Å²) < 4.78 is 2.00. The number of aromatic nitrogens is 2. The highest BCUT2D eigenvalue weighted by atomic mass is 16.1. The molecule has 2 heterocycles.